The normalized spacial score (nSPS) is 13.9. The maximum absolute atomic E-state index is 11.4. The molecule has 0 aliphatic heterocycles. The number of benzene rings is 1. The first kappa shape index (κ1) is 9.65. The third kappa shape index (κ3) is 3.20. The Morgan fingerprint density at radius 1 is 1.46 bits per heavy atom. The van der Waals surface area contributed by atoms with Gasteiger partial charge in [0.2, 0.25) is 9.80 Å². The van der Waals surface area contributed by atoms with Crippen molar-refractivity contribution in [2.75, 3.05) is 6.66 Å². The predicted octanol–water partition coefficient (Wildman–Crippen LogP) is 2.44. The lowest BCUT2D eigenvalue weighted by Crippen LogP contribution is -1.87. The fourth-order valence-electron chi connectivity index (χ4n) is 0.776. The molecule has 1 unspecified atom stereocenters. The quantitative estimate of drug-likeness (QED) is 0.460. The lowest BCUT2D eigenvalue weighted by atomic mass is 10.3. The molecule has 0 aliphatic rings. The van der Waals surface area contributed by atoms with E-state index in [-0.39, 0.29) is 0 Å². The Morgan fingerprint density at radius 3 is 2.62 bits per heavy atom. The van der Waals surface area contributed by atoms with E-state index in [2.05, 4.69) is 9.80 Å². The molecule has 0 aromatic heterocycles. The lowest BCUT2D eigenvalue weighted by molar-refractivity contribution is 0.485. The molecule has 68 valence electrons. The summed E-state index contributed by atoms with van der Waals surface area (Å²) < 4.78 is 16.4. The van der Waals surface area contributed by atoms with Gasteiger partial charge in [0.05, 0.1) is 6.66 Å². The smallest absolute Gasteiger partial charge is 0.424 e. The average Bonchev–Trinajstić information content (AvgIpc) is 2.04. The third-order valence-corrected chi connectivity index (χ3v) is 2.19. The van der Waals surface area contributed by atoms with E-state index in [1.807, 2.05) is 6.07 Å². The van der Waals surface area contributed by atoms with E-state index in [9.17, 15) is 4.57 Å². The van der Waals surface area contributed by atoms with Crippen LogP contribution in [0.15, 0.2) is 35.2 Å². The first-order chi connectivity index (χ1) is 6.14. The first-order valence-electron chi connectivity index (χ1n) is 3.55. The Labute approximate surface area is 75.5 Å². The summed E-state index contributed by atoms with van der Waals surface area (Å²) in [5.74, 6) is 0.459. The Kier molecular flexibility index (Phi) is 2.96. The predicted molar refractivity (Wildman–Crippen MR) is 47.9 cm³/mol. The highest BCUT2D eigenvalue weighted by molar-refractivity contribution is 7.56. The summed E-state index contributed by atoms with van der Waals surface area (Å²) in [5, 5.41) is 0. The van der Waals surface area contributed by atoms with Crippen molar-refractivity contribution in [3.05, 3.63) is 30.3 Å². The molecule has 1 atom stereocenters. The van der Waals surface area contributed by atoms with Crippen LogP contribution in [0.1, 0.15) is 0 Å². The highest BCUT2D eigenvalue weighted by Gasteiger charge is 2.22. The molecule has 0 saturated heterocycles. The van der Waals surface area contributed by atoms with Crippen LogP contribution in [0, 0.1) is 5.53 Å². The van der Waals surface area contributed by atoms with Gasteiger partial charge < -0.3 is 4.52 Å². The molecule has 0 heterocycles. The molecule has 1 rings (SSSR count). The topological polar surface area (TPSA) is 76.6 Å². The maximum atomic E-state index is 11.4. The molecule has 0 radical (unpaired) electrons. The number of hydrogen-bond donors (Lipinski definition) is 1. The van der Waals surface area contributed by atoms with Crippen LogP contribution >= 0.6 is 7.52 Å². The standard InChI is InChI=1S/C7H9N3O2P/c1-13(11,10-9-8)12-7-5-3-2-4-6-7/h2-6,8H,1H3/q+1. The third-order valence-electron chi connectivity index (χ3n) is 1.23. The fraction of sp³-hybridized carbons (Fsp3) is 0.143. The van der Waals surface area contributed by atoms with Gasteiger partial charge in [0, 0.05) is 0 Å². The molecule has 0 aliphatic carbocycles. The molecule has 0 spiro atoms. The molecular formula is C7H9N3O2P+. The van der Waals surface area contributed by atoms with Crippen LogP contribution in [0.25, 0.3) is 0 Å². The van der Waals surface area contributed by atoms with E-state index >= 15 is 0 Å². The van der Waals surface area contributed by atoms with Gasteiger partial charge in [-0.2, -0.15) is 0 Å². The molecule has 1 aromatic rings. The minimum atomic E-state index is -3.14. The second-order valence-electron chi connectivity index (χ2n) is 2.40. The number of nitrogens with one attached hydrogen (secondary N) is 1. The van der Waals surface area contributed by atoms with Crippen molar-refractivity contribution >= 4 is 7.52 Å². The van der Waals surface area contributed by atoms with Crippen LogP contribution in [0.3, 0.4) is 0 Å². The highest BCUT2D eigenvalue weighted by Crippen LogP contribution is 2.43. The van der Waals surface area contributed by atoms with Gasteiger partial charge in [0.25, 0.3) is 0 Å². The summed E-state index contributed by atoms with van der Waals surface area (Å²) in [7, 11) is -3.14. The molecule has 0 saturated carbocycles. The van der Waals surface area contributed by atoms with Gasteiger partial charge in [0.15, 0.2) is 0 Å². The van der Waals surface area contributed by atoms with E-state index in [0.717, 1.165) is 0 Å². The molecule has 13 heavy (non-hydrogen) atoms. The van der Waals surface area contributed by atoms with Crippen LogP contribution in [-0.2, 0) is 4.57 Å². The maximum Gasteiger partial charge on any atom is 0.439 e. The summed E-state index contributed by atoms with van der Waals surface area (Å²) in [4.78, 5) is 5.87. The van der Waals surface area contributed by atoms with Gasteiger partial charge in [-0.05, 0) is 12.1 Å². The Morgan fingerprint density at radius 2 is 2.08 bits per heavy atom. The van der Waals surface area contributed by atoms with Crippen molar-refractivity contribution in [3.63, 3.8) is 0 Å². The van der Waals surface area contributed by atoms with E-state index in [1.54, 1.807) is 24.3 Å². The van der Waals surface area contributed by atoms with E-state index < -0.39 is 7.52 Å². The number of rotatable bonds is 3. The fourth-order valence-corrected chi connectivity index (χ4v) is 1.49. The average molecular weight is 198 g/mol. The van der Waals surface area contributed by atoms with Crippen molar-refractivity contribution in [2.24, 2.45) is 4.88 Å². The van der Waals surface area contributed by atoms with Gasteiger partial charge in [-0.1, -0.05) is 18.2 Å². The van der Waals surface area contributed by atoms with Crippen molar-refractivity contribution in [2.45, 2.75) is 0 Å². The molecule has 1 N–H and O–H groups in total. The molecule has 0 fully saturated rings. The minimum Gasteiger partial charge on any atom is -0.424 e. The van der Waals surface area contributed by atoms with Crippen LogP contribution in [0.5, 0.6) is 5.75 Å². The van der Waals surface area contributed by atoms with E-state index in [4.69, 9.17) is 10.1 Å². The second-order valence-corrected chi connectivity index (χ2v) is 4.36. The number of nitrogens with zero attached hydrogens (tertiary/aromatic N) is 2. The van der Waals surface area contributed by atoms with Crippen molar-refractivity contribution in [1.82, 2.24) is 4.91 Å². The summed E-state index contributed by atoms with van der Waals surface area (Å²) in [6, 6.07) is 8.66. The van der Waals surface area contributed by atoms with Gasteiger partial charge >= 0.3 is 7.52 Å². The SMILES string of the molecule is CP(=O)(N=[N+]=N)Oc1ccccc1. The van der Waals surface area contributed by atoms with Gasteiger partial charge in [0.1, 0.15) is 11.3 Å². The van der Waals surface area contributed by atoms with Gasteiger partial charge in [-0.3, -0.25) is 0 Å². The zero-order chi connectivity index (χ0) is 9.73. The molecule has 5 nitrogen and oxygen atoms in total. The van der Waals surface area contributed by atoms with Crippen molar-refractivity contribution in [1.29, 1.82) is 5.53 Å². The largest absolute Gasteiger partial charge is 0.439 e. The molecule has 1 aromatic carbocycles. The Balaban J connectivity index is 2.81. The molecular weight excluding hydrogens is 189 g/mol. The van der Waals surface area contributed by atoms with Crippen molar-refractivity contribution < 1.29 is 9.09 Å². The molecule has 0 amide bonds. The summed E-state index contributed by atoms with van der Waals surface area (Å²) in [6.07, 6.45) is 0. The summed E-state index contributed by atoms with van der Waals surface area (Å²) in [6.45, 7) is 1.30. The van der Waals surface area contributed by atoms with Crippen LogP contribution in [-0.4, -0.2) is 6.66 Å². The zero-order valence-corrected chi connectivity index (χ0v) is 7.94. The monoisotopic (exact) mass is 198 g/mol. The Hall–Kier alpha value is -1.44. The van der Waals surface area contributed by atoms with E-state index in [1.165, 1.54) is 6.66 Å². The van der Waals surface area contributed by atoms with Crippen molar-refractivity contribution in [3.8, 4) is 5.75 Å². The van der Waals surface area contributed by atoms with Crippen LogP contribution in [0.2, 0.25) is 0 Å². The second kappa shape index (κ2) is 3.99. The summed E-state index contributed by atoms with van der Waals surface area (Å²) in [5.41, 5.74) is 6.43. The highest BCUT2D eigenvalue weighted by atomic mass is 31.2. The van der Waals surface area contributed by atoms with Crippen LogP contribution < -0.4 is 9.44 Å². The molecule has 6 heteroatoms. The molecule has 0 bridgehead atoms. The van der Waals surface area contributed by atoms with E-state index in [0.29, 0.717) is 5.75 Å². The number of para-hydroxylation sites is 1. The van der Waals surface area contributed by atoms with Crippen LogP contribution in [0.4, 0.5) is 0 Å². The summed E-state index contributed by atoms with van der Waals surface area (Å²) >= 11 is 0. The first-order valence-corrected chi connectivity index (χ1v) is 5.58. The minimum absolute atomic E-state index is 0.459. The van der Waals surface area contributed by atoms with Gasteiger partial charge in [-0.15, -0.1) is 0 Å². The Bertz CT molecular complexity index is 373. The zero-order valence-electron chi connectivity index (χ0n) is 7.04. The lowest BCUT2D eigenvalue weighted by Gasteiger charge is -2.03. The van der Waals surface area contributed by atoms with Gasteiger partial charge in [-0.25, -0.2) is 4.57 Å². The number of hydrogen-bond acceptors (Lipinski definition) is 3.